The predicted molar refractivity (Wildman–Crippen MR) is 97.4 cm³/mol. The number of nitrogens with zero attached hydrogens (tertiary/aromatic N) is 1. The maximum Gasteiger partial charge on any atom is 0.263 e. The number of hydrogen-bond acceptors (Lipinski definition) is 3. The van der Waals surface area contributed by atoms with Gasteiger partial charge in [-0.15, -0.1) is 11.3 Å². The fourth-order valence-electron chi connectivity index (χ4n) is 3.61. The van der Waals surface area contributed by atoms with Crippen molar-refractivity contribution in [1.82, 2.24) is 10.2 Å². The predicted octanol–water partition coefficient (Wildman–Crippen LogP) is 3.25. The molecular weight excluding hydrogens is 320 g/mol. The van der Waals surface area contributed by atoms with E-state index < -0.39 is 0 Å². The Balaban J connectivity index is 1.64. The van der Waals surface area contributed by atoms with Gasteiger partial charge < -0.3 is 10.2 Å². The fraction of sp³-hybridized carbons (Fsp3) is 0.684. The monoisotopic (exact) mass is 348 g/mol. The smallest absolute Gasteiger partial charge is 0.263 e. The molecule has 24 heavy (non-hydrogen) atoms. The largest absolute Gasteiger partial charge is 0.356 e. The number of amides is 2. The van der Waals surface area contributed by atoms with Crippen molar-refractivity contribution in [2.45, 2.75) is 52.4 Å². The Morgan fingerprint density at radius 2 is 2.04 bits per heavy atom. The maximum absolute atomic E-state index is 12.7. The Morgan fingerprint density at radius 3 is 2.75 bits per heavy atom. The maximum atomic E-state index is 12.7. The molecule has 1 aromatic heterocycles. The number of fused-ring (bicyclic) bond motifs is 1. The summed E-state index contributed by atoms with van der Waals surface area (Å²) in [5.74, 6) is 1.16. The summed E-state index contributed by atoms with van der Waals surface area (Å²) in [6.07, 6.45) is 5.79. The molecule has 4 nitrogen and oxygen atoms in total. The zero-order valence-corrected chi connectivity index (χ0v) is 15.6. The van der Waals surface area contributed by atoms with Crippen molar-refractivity contribution >= 4 is 23.2 Å². The third-order valence-corrected chi connectivity index (χ3v) is 6.51. The lowest BCUT2D eigenvalue weighted by atomic mass is 9.87. The minimum Gasteiger partial charge on any atom is -0.356 e. The highest BCUT2D eigenvalue weighted by Gasteiger charge is 2.29. The van der Waals surface area contributed by atoms with Crippen molar-refractivity contribution < 1.29 is 9.59 Å². The van der Waals surface area contributed by atoms with E-state index in [0.29, 0.717) is 0 Å². The van der Waals surface area contributed by atoms with Gasteiger partial charge in [-0.2, -0.15) is 0 Å². The zero-order valence-electron chi connectivity index (χ0n) is 14.8. The number of thiophene rings is 1. The second-order valence-electron chi connectivity index (χ2n) is 7.26. The van der Waals surface area contributed by atoms with E-state index >= 15 is 0 Å². The summed E-state index contributed by atoms with van der Waals surface area (Å²) in [5, 5.41) is 3.01. The van der Waals surface area contributed by atoms with Crippen LogP contribution in [0.25, 0.3) is 0 Å². The van der Waals surface area contributed by atoms with E-state index in [1.54, 1.807) is 11.3 Å². The van der Waals surface area contributed by atoms with E-state index in [4.69, 9.17) is 0 Å². The lowest BCUT2D eigenvalue weighted by Crippen LogP contribution is -2.37. The highest BCUT2D eigenvalue weighted by atomic mass is 32.1. The van der Waals surface area contributed by atoms with Crippen molar-refractivity contribution in [3.05, 3.63) is 21.4 Å². The normalized spacial score (nSPS) is 21.4. The molecule has 1 aliphatic heterocycles. The highest BCUT2D eigenvalue weighted by Crippen LogP contribution is 2.33. The van der Waals surface area contributed by atoms with E-state index in [1.807, 2.05) is 4.90 Å². The fourth-order valence-corrected chi connectivity index (χ4v) is 4.79. The van der Waals surface area contributed by atoms with Crippen LogP contribution in [-0.2, 0) is 17.6 Å². The van der Waals surface area contributed by atoms with Crippen LogP contribution in [0.3, 0.4) is 0 Å². The number of nitrogens with one attached hydrogen (secondary N) is 1. The molecule has 0 aromatic carbocycles. The lowest BCUT2D eigenvalue weighted by Gasteiger charge is -2.29. The number of rotatable bonds is 4. The molecule has 0 saturated carbocycles. The zero-order chi connectivity index (χ0) is 17.1. The molecule has 1 atom stereocenters. The van der Waals surface area contributed by atoms with Crippen LogP contribution in [0.2, 0.25) is 0 Å². The topological polar surface area (TPSA) is 49.4 Å². The average Bonchev–Trinajstić information content (AvgIpc) is 3.02. The standard InChI is InChI=1S/C19H28N2O2S/c1-3-8-20-18(22)14-4-5-16-15(11-14)12-17(24-16)19(23)21-9-6-13(2)7-10-21/h12-14H,3-11H2,1-2H3,(H,20,22)/t14-/m1/s1. The van der Waals surface area contributed by atoms with E-state index in [9.17, 15) is 9.59 Å². The molecule has 2 heterocycles. The number of hydrogen-bond donors (Lipinski definition) is 1. The lowest BCUT2D eigenvalue weighted by molar-refractivity contribution is -0.125. The van der Waals surface area contributed by atoms with Crippen LogP contribution < -0.4 is 5.32 Å². The summed E-state index contributed by atoms with van der Waals surface area (Å²) in [6, 6.07) is 2.06. The van der Waals surface area contributed by atoms with Crippen LogP contribution in [0.15, 0.2) is 6.07 Å². The molecule has 0 bridgehead atoms. The molecule has 2 amide bonds. The van der Waals surface area contributed by atoms with Gasteiger partial charge in [-0.25, -0.2) is 0 Å². The summed E-state index contributed by atoms with van der Waals surface area (Å²) in [6.45, 7) is 6.84. The van der Waals surface area contributed by atoms with Gasteiger partial charge in [0.2, 0.25) is 5.91 Å². The van der Waals surface area contributed by atoms with Crippen molar-refractivity contribution in [2.24, 2.45) is 11.8 Å². The Morgan fingerprint density at radius 1 is 1.29 bits per heavy atom. The molecule has 1 aromatic rings. The molecule has 132 valence electrons. The van der Waals surface area contributed by atoms with Gasteiger partial charge in [0, 0.05) is 30.4 Å². The molecule has 1 saturated heterocycles. The molecule has 1 fully saturated rings. The second kappa shape index (κ2) is 7.68. The van der Waals surface area contributed by atoms with Crippen LogP contribution in [0.5, 0.6) is 0 Å². The van der Waals surface area contributed by atoms with E-state index in [-0.39, 0.29) is 17.7 Å². The molecule has 5 heteroatoms. The first-order valence-electron chi connectivity index (χ1n) is 9.27. The molecule has 0 radical (unpaired) electrons. The Labute approximate surface area is 148 Å². The molecule has 0 spiro atoms. The summed E-state index contributed by atoms with van der Waals surface area (Å²) in [4.78, 5) is 29.1. The highest BCUT2D eigenvalue weighted by molar-refractivity contribution is 7.14. The number of carbonyl (C=O) groups excluding carboxylic acids is 2. The number of piperidine rings is 1. The molecule has 3 rings (SSSR count). The van der Waals surface area contributed by atoms with Gasteiger partial charge in [-0.05, 0) is 56.1 Å². The van der Waals surface area contributed by atoms with Crippen LogP contribution in [-0.4, -0.2) is 36.3 Å². The quantitative estimate of drug-likeness (QED) is 0.908. The Bertz CT molecular complexity index is 603. The van der Waals surface area contributed by atoms with E-state index in [0.717, 1.165) is 69.0 Å². The van der Waals surface area contributed by atoms with Crippen molar-refractivity contribution in [3.8, 4) is 0 Å². The van der Waals surface area contributed by atoms with E-state index in [1.165, 1.54) is 10.4 Å². The average molecular weight is 349 g/mol. The van der Waals surface area contributed by atoms with E-state index in [2.05, 4.69) is 25.2 Å². The minimum atomic E-state index is 0.0671. The first kappa shape index (κ1) is 17.5. The Kier molecular flexibility index (Phi) is 5.59. The third-order valence-electron chi connectivity index (χ3n) is 5.28. The van der Waals surface area contributed by atoms with Crippen LogP contribution in [0, 0.1) is 11.8 Å². The van der Waals surface area contributed by atoms with Crippen molar-refractivity contribution in [3.63, 3.8) is 0 Å². The van der Waals surface area contributed by atoms with Crippen molar-refractivity contribution in [1.29, 1.82) is 0 Å². The first-order chi connectivity index (χ1) is 11.6. The van der Waals surface area contributed by atoms with Gasteiger partial charge in [-0.3, -0.25) is 9.59 Å². The van der Waals surface area contributed by atoms with Gasteiger partial charge >= 0.3 is 0 Å². The van der Waals surface area contributed by atoms with Crippen LogP contribution in [0.1, 0.15) is 59.6 Å². The minimum absolute atomic E-state index is 0.0671. The summed E-state index contributed by atoms with van der Waals surface area (Å²) >= 11 is 1.65. The molecule has 2 aliphatic rings. The van der Waals surface area contributed by atoms with Gasteiger partial charge in [0.1, 0.15) is 0 Å². The van der Waals surface area contributed by atoms with Gasteiger partial charge in [0.05, 0.1) is 4.88 Å². The second-order valence-corrected chi connectivity index (χ2v) is 8.40. The number of likely N-dealkylation sites (tertiary alicyclic amines) is 1. The Hall–Kier alpha value is -1.36. The molecule has 0 unspecified atom stereocenters. The number of carbonyl (C=O) groups is 2. The van der Waals surface area contributed by atoms with Gasteiger partial charge in [0.15, 0.2) is 0 Å². The SMILES string of the molecule is CCCNC(=O)[C@@H]1CCc2sc(C(=O)N3CCC(C)CC3)cc2C1. The number of aryl methyl sites for hydroxylation is 1. The molecular formula is C19H28N2O2S. The summed E-state index contributed by atoms with van der Waals surface area (Å²) < 4.78 is 0. The van der Waals surface area contributed by atoms with Gasteiger partial charge in [0.25, 0.3) is 5.91 Å². The van der Waals surface area contributed by atoms with Gasteiger partial charge in [-0.1, -0.05) is 13.8 Å². The van der Waals surface area contributed by atoms with Crippen molar-refractivity contribution in [2.75, 3.05) is 19.6 Å². The summed E-state index contributed by atoms with van der Waals surface area (Å²) in [5.41, 5.74) is 1.22. The van der Waals surface area contributed by atoms with Crippen LogP contribution in [0.4, 0.5) is 0 Å². The van der Waals surface area contributed by atoms with Crippen LogP contribution >= 0.6 is 11.3 Å². The first-order valence-corrected chi connectivity index (χ1v) is 10.1. The molecule has 1 aliphatic carbocycles. The third kappa shape index (κ3) is 3.82. The summed E-state index contributed by atoms with van der Waals surface area (Å²) in [7, 11) is 0. The molecule has 1 N–H and O–H groups in total.